The van der Waals surface area contributed by atoms with Crippen LogP contribution in [-0.4, -0.2) is 14.1 Å². The summed E-state index contributed by atoms with van der Waals surface area (Å²) in [5.41, 5.74) is 2.43. The first-order valence-electron chi connectivity index (χ1n) is 4.31. The van der Waals surface area contributed by atoms with E-state index in [0.717, 1.165) is 5.69 Å². The number of hydrogen-bond donors (Lipinski definition) is 0. The molecule has 66 valence electrons. The maximum Gasteiger partial charge on any atom is 1.00 e. The van der Waals surface area contributed by atoms with Crippen LogP contribution in [0.4, 0.5) is 5.69 Å². The molecule has 1 nitrogen and oxygen atoms in total. The van der Waals surface area contributed by atoms with Crippen molar-refractivity contribution >= 4 is 5.69 Å². The van der Waals surface area contributed by atoms with Gasteiger partial charge in [0.1, 0.15) is 0 Å². The summed E-state index contributed by atoms with van der Waals surface area (Å²) in [7, 11) is 4.08. The molecule has 0 amide bonds. The largest absolute Gasteiger partial charge is 1.00 e. The van der Waals surface area contributed by atoms with Crippen LogP contribution in [0.1, 0.15) is 25.3 Å². The number of anilines is 1. The summed E-state index contributed by atoms with van der Waals surface area (Å²) in [5, 5.41) is 0. The Morgan fingerprint density at radius 3 is 2.31 bits per heavy atom. The van der Waals surface area contributed by atoms with Gasteiger partial charge in [-0.1, -0.05) is 19.5 Å². The predicted octanol–water partition coefficient (Wildman–Crippen LogP) is -0.320. The van der Waals surface area contributed by atoms with Crippen molar-refractivity contribution in [2.24, 2.45) is 0 Å². The van der Waals surface area contributed by atoms with Crippen LogP contribution in [0.15, 0.2) is 18.2 Å². The van der Waals surface area contributed by atoms with Crippen LogP contribution < -0.4 is 23.8 Å². The van der Waals surface area contributed by atoms with E-state index >= 15 is 0 Å². The smallest absolute Gasteiger partial charge is 0.400 e. The fourth-order valence-electron chi connectivity index (χ4n) is 1.07. The molecule has 0 spiro atoms. The van der Waals surface area contributed by atoms with Crippen LogP contribution in [0.3, 0.4) is 0 Å². The van der Waals surface area contributed by atoms with E-state index in [4.69, 9.17) is 0 Å². The normalized spacial score (nSPS) is 9.62. The van der Waals surface area contributed by atoms with Crippen molar-refractivity contribution in [3.8, 4) is 0 Å². The number of hydrogen-bond acceptors (Lipinski definition) is 1. The Balaban J connectivity index is 0.00000144. The molecule has 0 N–H and O–H groups in total. The molecule has 0 saturated carbocycles. The molecule has 0 aliphatic rings. The zero-order chi connectivity index (χ0) is 9.14. The number of benzene rings is 1. The van der Waals surface area contributed by atoms with Crippen LogP contribution >= 0.6 is 0 Å². The van der Waals surface area contributed by atoms with E-state index in [1.54, 1.807) is 0 Å². The van der Waals surface area contributed by atoms with Crippen molar-refractivity contribution in [3.05, 3.63) is 29.8 Å². The van der Waals surface area contributed by atoms with Gasteiger partial charge in [0.25, 0.3) is 0 Å². The predicted molar refractivity (Wildman–Crippen MR) is 53.7 cm³/mol. The molecular weight excluding hydrogens is 153 g/mol. The van der Waals surface area contributed by atoms with E-state index in [9.17, 15) is 0 Å². The van der Waals surface area contributed by atoms with Crippen molar-refractivity contribution in [1.82, 2.24) is 0 Å². The van der Waals surface area contributed by atoms with Gasteiger partial charge in [-0.25, -0.2) is 0 Å². The summed E-state index contributed by atoms with van der Waals surface area (Å²) in [6.45, 7) is 4.37. The molecule has 0 heterocycles. The van der Waals surface area contributed by atoms with Crippen LogP contribution in [0.5, 0.6) is 0 Å². The molecule has 13 heavy (non-hydrogen) atoms. The van der Waals surface area contributed by atoms with Crippen LogP contribution in [0, 0.1) is 6.07 Å². The van der Waals surface area contributed by atoms with Gasteiger partial charge in [-0.2, -0.15) is 23.8 Å². The zero-order valence-electron chi connectivity index (χ0n) is 9.26. The summed E-state index contributed by atoms with van der Waals surface area (Å²) in [6.07, 6.45) is 0. The molecule has 0 unspecified atom stereocenters. The summed E-state index contributed by atoms with van der Waals surface area (Å²) >= 11 is 0. The SMILES string of the molecule is CC(C)c1[c-]c(N(C)C)ccc1.[Li+]. The number of nitrogens with zero attached hydrogens (tertiary/aromatic N) is 1. The molecule has 1 rings (SSSR count). The van der Waals surface area contributed by atoms with Gasteiger partial charge in [0.2, 0.25) is 0 Å². The first-order valence-corrected chi connectivity index (χ1v) is 4.31. The zero-order valence-corrected chi connectivity index (χ0v) is 9.26. The average molecular weight is 169 g/mol. The number of rotatable bonds is 2. The monoisotopic (exact) mass is 169 g/mol. The molecule has 0 fully saturated rings. The van der Waals surface area contributed by atoms with Crippen LogP contribution in [-0.2, 0) is 0 Å². The Morgan fingerprint density at radius 1 is 1.23 bits per heavy atom. The Morgan fingerprint density at radius 2 is 1.85 bits per heavy atom. The van der Waals surface area contributed by atoms with Crippen molar-refractivity contribution in [3.63, 3.8) is 0 Å². The molecule has 1 aromatic rings. The summed E-state index contributed by atoms with van der Waals surface area (Å²) in [5.74, 6) is 0.560. The molecule has 0 aromatic heterocycles. The van der Waals surface area contributed by atoms with Crippen molar-refractivity contribution < 1.29 is 18.9 Å². The topological polar surface area (TPSA) is 3.24 Å². The standard InChI is InChI=1S/C11H16N.Li/c1-9(2)10-6-5-7-11(8-10)12(3)4;/h5-7,9H,1-4H3;/q-1;+1. The molecule has 0 aliphatic carbocycles. The van der Waals surface area contributed by atoms with Gasteiger partial charge in [-0.3, -0.25) is 0 Å². The molecule has 1 aromatic carbocycles. The Bertz CT molecular complexity index is 233. The second-order valence-corrected chi connectivity index (χ2v) is 3.54. The van der Waals surface area contributed by atoms with E-state index < -0.39 is 0 Å². The average Bonchev–Trinajstić information content (AvgIpc) is 2.04. The van der Waals surface area contributed by atoms with Gasteiger partial charge in [-0.05, 0) is 5.92 Å². The van der Waals surface area contributed by atoms with Crippen molar-refractivity contribution in [2.75, 3.05) is 19.0 Å². The maximum atomic E-state index is 3.37. The van der Waals surface area contributed by atoms with Gasteiger partial charge in [-0.15, -0.1) is 6.07 Å². The second kappa shape index (κ2) is 5.37. The summed E-state index contributed by atoms with van der Waals surface area (Å²) < 4.78 is 0. The van der Waals surface area contributed by atoms with E-state index in [-0.39, 0.29) is 18.9 Å². The first kappa shape index (κ1) is 12.6. The van der Waals surface area contributed by atoms with Gasteiger partial charge in [0, 0.05) is 14.1 Å². The molecule has 0 bridgehead atoms. The quantitative estimate of drug-likeness (QED) is 0.433. The Labute approximate surface area is 93.3 Å². The van der Waals surface area contributed by atoms with Crippen LogP contribution in [0.2, 0.25) is 0 Å². The summed E-state index contributed by atoms with van der Waals surface area (Å²) in [4.78, 5) is 2.08. The third-order valence-corrected chi connectivity index (χ3v) is 1.91. The van der Waals surface area contributed by atoms with E-state index in [1.165, 1.54) is 5.56 Å². The van der Waals surface area contributed by atoms with Crippen molar-refractivity contribution in [1.29, 1.82) is 0 Å². The second-order valence-electron chi connectivity index (χ2n) is 3.54. The molecular formula is C11H16LiN. The summed E-state index contributed by atoms with van der Waals surface area (Å²) in [6, 6.07) is 9.65. The van der Waals surface area contributed by atoms with E-state index in [0.29, 0.717) is 5.92 Å². The van der Waals surface area contributed by atoms with Crippen molar-refractivity contribution in [2.45, 2.75) is 19.8 Å². The molecule has 0 atom stereocenters. The van der Waals surface area contributed by atoms with Crippen LogP contribution in [0.25, 0.3) is 0 Å². The van der Waals surface area contributed by atoms with E-state index in [2.05, 4.69) is 43.0 Å². The van der Waals surface area contributed by atoms with Gasteiger partial charge < -0.3 is 4.90 Å². The molecule has 0 radical (unpaired) electrons. The minimum absolute atomic E-state index is 0. The fraction of sp³-hybridized carbons (Fsp3) is 0.455. The Hall–Kier alpha value is -0.383. The van der Waals surface area contributed by atoms with Gasteiger partial charge >= 0.3 is 18.9 Å². The molecule has 0 aliphatic heterocycles. The third kappa shape index (κ3) is 3.46. The molecule has 0 saturated heterocycles. The van der Waals surface area contributed by atoms with Gasteiger partial charge in [0.05, 0.1) is 0 Å². The minimum atomic E-state index is 0. The first-order chi connectivity index (χ1) is 5.61. The third-order valence-electron chi connectivity index (χ3n) is 1.91. The van der Waals surface area contributed by atoms with E-state index in [1.807, 2.05) is 14.1 Å². The van der Waals surface area contributed by atoms with Gasteiger partial charge in [0.15, 0.2) is 0 Å². The Kier molecular flexibility index (Phi) is 5.21. The molecule has 2 heteroatoms. The maximum absolute atomic E-state index is 3.37. The fourth-order valence-corrected chi connectivity index (χ4v) is 1.07. The minimum Gasteiger partial charge on any atom is -0.400 e.